The quantitative estimate of drug-likeness (QED) is 0.641. The molecule has 15 heavy (non-hydrogen) atoms. The second kappa shape index (κ2) is 5.68. The van der Waals surface area contributed by atoms with Gasteiger partial charge in [-0.3, -0.25) is 10.1 Å². The van der Waals surface area contributed by atoms with Crippen LogP contribution >= 0.6 is 12.4 Å². The van der Waals surface area contributed by atoms with Gasteiger partial charge in [-0.1, -0.05) is 19.1 Å². The van der Waals surface area contributed by atoms with Crippen LogP contribution in [0.4, 0.5) is 5.69 Å². The minimum absolute atomic E-state index is 0. The average molecular weight is 231 g/mol. The summed E-state index contributed by atoms with van der Waals surface area (Å²) in [6.07, 6.45) is 0.778. The minimum atomic E-state index is -0.374. The maximum absolute atomic E-state index is 10.6. The van der Waals surface area contributed by atoms with Crippen LogP contribution in [0.2, 0.25) is 0 Å². The minimum Gasteiger partial charge on any atom is -0.324 e. The normalized spacial score (nSPS) is 11.7. The molecule has 0 unspecified atom stereocenters. The molecule has 0 spiro atoms. The summed E-state index contributed by atoms with van der Waals surface area (Å²) in [6.45, 7) is 3.68. The molecular weight excluding hydrogens is 216 g/mol. The van der Waals surface area contributed by atoms with Gasteiger partial charge in [0, 0.05) is 17.7 Å². The van der Waals surface area contributed by atoms with Crippen LogP contribution in [0.15, 0.2) is 18.2 Å². The van der Waals surface area contributed by atoms with Crippen molar-refractivity contribution in [3.05, 3.63) is 39.4 Å². The van der Waals surface area contributed by atoms with Crippen molar-refractivity contribution >= 4 is 18.1 Å². The van der Waals surface area contributed by atoms with Crippen molar-refractivity contribution in [3.8, 4) is 0 Å². The van der Waals surface area contributed by atoms with Gasteiger partial charge in [-0.25, -0.2) is 0 Å². The van der Waals surface area contributed by atoms with Crippen LogP contribution in [0, 0.1) is 17.0 Å². The zero-order valence-corrected chi connectivity index (χ0v) is 9.58. The molecule has 0 aromatic heterocycles. The summed E-state index contributed by atoms with van der Waals surface area (Å²) in [5, 5.41) is 10.6. The molecular formula is C10H15ClN2O2. The van der Waals surface area contributed by atoms with Crippen molar-refractivity contribution in [2.45, 2.75) is 26.3 Å². The maximum Gasteiger partial charge on any atom is 0.272 e. The topological polar surface area (TPSA) is 69.2 Å². The first-order chi connectivity index (χ1) is 6.56. The highest BCUT2D eigenvalue weighted by Gasteiger charge is 2.13. The molecule has 0 fully saturated rings. The number of hydrogen-bond acceptors (Lipinski definition) is 3. The molecule has 84 valence electrons. The molecule has 0 saturated carbocycles. The summed E-state index contributed by atoms with van der Waals surface area (Å²) in [4.78, 5) is 10.3. The zero-order chi connectivity index (χ0) is 10.7. The fourth-order valence-corrected chi connectivity index (χ4v) is 1.29. The summed E-state index contributed by atoms with van der Waals surface area (Å²) in [6, 6.07) is 5.03. The highest BCUT2D eigenvalue weighted by Crippen LogP contribution is 2.23. The van der Waals surface area contributed by atoms with Gasteiger partial charge in [-0.15, -0.1) is 12.4 Å². The first-order valence-corrected chi connectivity index (χ1v) is 4.56. The number of rotatable bonds is 3. The van der Waals surface area contributed by atoms with Gasteiger partial charge in [-0.05, 0) is 18.9 Å². The lowest BCUT2D eigenvalue weighted by atomic mass is 10.0. The number of nitro benzene ring substituents is 1. The molecule has 0 heterocycles. The van der Waals surface area contributed by atoms with Gasteiger partial charge in [-0.2, -0.15) is 0 Å². The van der Waals surface area contributed by atoms with E-state index in [0.717, 1.165) is 12.0 Å². The van der Waals surface area contributed by atoms with Gasteiger partial charge in [0.25, 0.3) is 5.69 Å². The van der Waals surface area contributed by atoms with Crippen LogP contribution in [-0.2, 0) is 0 Å². The molecule has 0 radical (unpaired) electrons. The van der Waals surface area contributed by atoms with Crippen LogP contribution in [0.3, 0.4) is 0 Å². The van der Waals surface area contributed by atoms with Crippen molar-refractivity contribution in [1.82, 2.24) is 0 Å². The largest absolute Gasteiger partial charge is 0.324 e. The Morgan fingerprint density at radius 2 is 2.13 bits per heavy atom. The molecule has 0 aliphatic heterocycles. The number of aryl methyl sites for hydroxylation is 1. The van der Waals surface area contributed by atoms with Crippen LogP contribution in [0.1, 0.15) is 30.5 Å². The van der Waals surface area contributed by atoms with Gasteiger partial charge >= 0.3 is 0 Å². The molecule has 2 N–H and O–H groups in total. The lowest BCUT2D eigenvalue weighted by molar-refractivity contribution is -0.385. The summed E-state index contributed by atoms with van der Waals surface area (Å²) < 4.78 is 0. The molecule has 0 saturated heterocycles. The molecule has 1 aromatic carbocycles. The third kappa shape index (κ3) is 3.18. The maximum atomic E-state index is 10.6. The van der Waals surface area contributed by atoms with Crippen LogP contribution in [0.5, 0.6) is 0 Å². The first-order valence-electron chi connectivity index (χ1n) is 4.56. The lowest BCUT2D eigenvalue weighted by Crippen LogP contribution is -2.09. The van der Waals surface area contributed by atoms with E-state index in [1.54, 1.807) is 19.1 Å². The molecule has 1 atom stereocenters. The molecule has 0 amide bonds. The Balaban J connectivity index is 0.00000196. The molecule has 0 aliphatic carbocycles. The zero-order valence-electron chi connectivity index (χ0n) is 8.77. The summed E-state index contributed by atoms with van der Waals surface area (Å²) in [5.74, 6) is 0. The Morgan fingerprint density at radius 1 is 1.53 bits per heavy atom. The Labute approximate surface area is 95.0 Å². The monoisotopic (exact) mass is 230 g/mol. The summed E-state index contributed by atoms with van der Waals surface area (Å²) in [5.41, 5.74) is 7.43. The third-order valence-electron chi connectivity index (χ3n) is 2.30. The van der Waals surface area contributed by atoms with E-state index >= 15 is 0 Å². The van der Waals surface area contributed by atoms with E-state index in [-0.39, 0.29) is 29.1 Å². The molecule has 1 aromatic rings. The van der Waals surface area contributed by atoms with E-state index < -0.39 is 0 Å². The predicted molar refractivity (Wildman–Crippen MR) is 62.3 cm³/mol. The van der Waals surface area contributed by atoms with E-state index in [9.17, 15) is 10.1 Å². The third-order valence-corrected chi connectivity index (χ3v) is 2.30. The SMILES string of the molecule is CC[C@H](N)c1ccc(C)c([N+](=O)[O-])c1.Cl. The van der Waals surface area contributed by atoms with Crippen molar-refractivity contribution < 1.29 is 4.92 Å². The van der Waals surface area contributed by atoms with Gasteiger partial charge in [0.1, 0.15) is 0 Å². The number of nitrogens with two attached hydrogens (primary N) is 1. The standard InChI is InChI=1S/C10H14N2O2.ClH/c1-3-9(11)8-5-4-7(2)10(6-8)12(13)14;/h4-6,9H,3,11H2,1-2H3;1H/t9-;/m0./s1. The Morgan fingerprint density at radius 3 is 2.60 bits per heavy atom. The molecule has 0 aliphatic rings. The fourth-order valence-electron chi connectivity index (χ4n) is 1.29. The first kappa shape index (κ1) is 13.9. The predicted octanol–water partition coefficient (Wildman–Crippen LogP) is 2.73. The second-order valence-corrected chi connectivity index (χ2v) is 3.32. The average Bonchev–Trinajstić information content (AvgIpc) is 2.17. The van der Waals surface area contributed by atoms with Crippen LogP contribution in [-0.4, -0.2) is 4.92 Å². The van der Waals surface area contributed by atoms with Crippen molar-refractivity contribution in [2.75, 3.05) is 0 Å². The van der Waals surface area contributed by atoms with Gasteiger partial charge in [0.05, 0.1) is 4.92 Å². The number of nitrogens with zero attached hydrogens (tertiary/aromatic N) is 1. The van der Waals surface area contributed by atoms with E-state index in [0.29, 0.717) is 5.56 Å². The summed E-state index contributed by atoms with van der Waals surface area (Å²) >= 11 is 0. The number of benzene rings is 1. The van der Waals surface area contributed by atoms with E-state index in [1.807, 2.05) is 13.0 Å². The Bertz CT molecular complexity index is 355. The molecule has 0 bridgehead atoms. The number of hydrogen-bond donors (Lipinski definition) is 1. The lowest BCUT2D eigenvalue weighted by Gasteiger charge is -2.09. The second-order valence-electron chi connectivity index (χ2n) is 3.32. The van der Waals surface area contributed by atoms with Crippen molar-refractivity contribution in [3.63, 3.8) is 0 Å². The van der Waals surface area contributed by atoms with Gasteiger partial charge < -0.3 is 5.73 Å². The molecule has 5 heteroatoms. The van der Waals surface area contributed by atoms with Crippen molar-refractivity contribution in [2.24, 2.45) is 5.73 Å². The Hall–Kier alpha value is -1.13. The van der Waals surface area contributed by atoms with E-state index in [2.05, 4.69) is 0 Å². The smallest absolute Gasteiger partial charge is 0.272 e. The highest BCUT2D eigenvalue weighted by molar-refractivity contribution is 5.85. The van der Waals surface area contributed by atoms with Crippen LogP contribution < -0.4 is 5.73 Å². The fraction of sp³-hybridized carbons (Fsp3) is 0.400. The van der Waals surface area contributed by atoms with Crippen molar-refractivity contribution in [1.29, 1.82) is 0 Å². The van der Waals surface area contributed by atoms with E-state index in [4.69, 9.17) is 5.73 Å². The number of halogens is 1. The molecule has 1 rings (SSSR count). The molecule has 4 nitrogen and oxygen atoms in total. The van der Waals surface area contributed by atoms with E-state index in [1.165, 1.54) is 0 Å². The number of nitro groups is 1. The highest BCUT2D eigenvalue weighted by atomic mass is 35.5. The van der Waals surface area contributed by atoms with Gasteiger partial charge in [0.2, 0.25) is 0 Å². The van der Waals surface area contributed by atoms with Gasteiger partial charge in [0.15, 0.2) is 0 Å². The Kier molecular flexibility index (Phi) is 5.25. The van der Waals surface area contributed by atoms with Crippen LogP contribution in [0.25, 0.3) is 0 Å². The summed E-state index contributed by atoms with van der Waals surface area (Å²) in [7, 11) is 0.